The van der Waals surface area contributed by atoms with Gasteiger partial charge < -0.3 is 5.32 Å². The maximum Gasteiger partial charge on any atom is 0.231 e. The van der Waals surface area contributed by atoms with Crippen LogP contribution in [0.15, 0.2) is 59.8 Å². The summed E-state index contributed by atoms with van der Waals surface area (Å²) in [5.74, 6) is 3.22. The Morgan fingerprint density at radius 2 is 1.79 bits per heavy atom. The molecule has 29 heavy (non-hydrogen) atoms. The number of carbonyl (C=O) groups excluding carboxylic acids is 1. The van der Waals surface area contributed by atoms with E-state index < -0.39 is 0 Å². The second kappa shape index (κ2) is 8.97. The predicted octanol–water partition coefficient (Wildman–Crippen LogP) is 4.07. The molecule has 1 amide bonds. The van der Waals surface area contributed by atoms with Crippen molar-refractivity contribution in [2.45, 2.75) is 31.3 Å². The fourth-order valence-electron chi connectivity index (χ4n) is 2.81. The summed E-state index contributed by atoms with van der Waals surface area (Å²) >= 11 is 1.33. The van der Waals surface area contributed by atoms with Crippen molar-refractivity contribution in [2.24, 2.45) is 0 Å². The second-order valence-corrected chi connectivity index (χ2v) is 8.52. The van der Waals surface area contributed by atoms with Crippen molar-refractivity contribution >= 4 is 17.7 Å². The van der Waals surface area contributed by atoms with Gasteiger partial charge in [-0.25, -0.2) is 0 Å². The van der Waals surface area contributed by atoms with E-state index in [0.29, 0.717) is 5.16 Å². The van der Waals surface area contributed by atoms with Gasteiger partial charge in [-0.1, -0.05) is 80.9 Å². The molecule has 0 aliphatic rings. The molecule has 3 rings (SSSR count). The minimum atomic E-state index is -0.133. The lowest BCUT2D eigenvalue weighted by molar-refractivity contribution is -0.118. The molecule has 3 aromatic rings. The van der Waals surface area contributed by atoms with Crippen LogP contribution in [0.2, 0.25) is 0 Å². The van der Waals surface area contributed by atoms with E-state index in [1.54, 1.807) is 0 Å². The number of amides is 1. The van der Waals surface area contributed by atoms with Crippen LogP contribution in [0, 0.1) is 12.3 Å². The van der Waals surface area contributed by atoms with Crippen LogP contribution < -0.4 is 5.32 Å². The van der Waals surface area contributed by atoms with Gasteiger partial charge in [0.05, 0.1) is 12.3 Å². The molecule has 1 heterocycles. The molecule has 0 aliphatic carbocycles. The van der Waals surface area contributed by atoms with Gasteiger partial charge in [-0.15, -0.1) is 16.6 Å². The number of nitrogens with zero attached hydrogens (tertiary/aromatic N) is 3. The van der Waals surface area contributed by atoms with Crippen molar-refractivity contribution in [2.75, 3.05) is 12.3 Å². The first-order valence-corrected chi connectivity index (χ1v) is 10.3. The van der Waals surface area contributed by atoms with Gasteiger partial charge in [0.15, 0.2) is 11.0 Å². The molecule has 0 unspecified atom stereocenters. The first-order chi connectivity index (χ1) is 13.9. The Morgan fingerprint density at radius 3 is 2.41 bits per heavy atom. The first kappa shape index (κ1) is 20.7. The summed E-state index contributed by atoms with van der Waals surface area (Å²) in [5.41, 5.74) is 3.25. The zero-order chi connectivity index (χ0) is 20.9. The van der Waals surface area contributed by atoms with Gasteiger partial charge in [0, 0.05) is 11.3 Å². The van der Waals surface area contributed by atoms with E-state index in [1.165, 1.54) is 17.3 Å². The van der Waals surface area contributed by atoms with Gasteiger partial charge in [0.1, 0.15) is 0 Å². The van der Waals surface area contributed by atoms with Crippen LogP contribution in [-0.4, -0.2) is 33.0 Å². The van der Waals surface area contributed by atoms with Gasteiger partial charge in [-0.2, -0.15) is 0 Å². The lowest BCUT2D eigenvalue weighted by Gasteiger charge is -2.19. The molecule has 0 aliphatic heterocycles. The average Bonchev–Trinajstić information content (AvgIpc) is 3.14. The first-order valence-electron chi connectivity index (χ1n) is 9.35. The van der Waals surface area contributed by atoms with Crippen LogP contribution in [0.5, 0.6) is 0 Å². The average molecular weight is 405 g/mol. The van der Waals surface area contributed by atoms with E-state index in [1.807, 2.05) is 34.9 Å². The monoisotopic (exact) mass is 404 g/mol. The summed E-state index contributed by atoms with van der Waals surface area (Å²) in [5, 5.41) is 12.1. The number of rotatable bonds is 6. The number of nitrogens with one attached hydrogen (secondary N) is 1. The van der Waals surface area contributed by atoms with Crippen molar-refractivity contribution in [1.29, 1.82) is 0 Å². The molecule has 1 N–H and O–H groups in total. The number of carbonyl (C=O) groups is 1. The quantitative estimate of drug-likeness (QED) is 0.497. The maximum atomic E-state index is 11.9. The largest absolute Gasteiger partial charge is 0.344 e. The molecule has 0 saturated carbocycles. The second-order valence-electron chi connectivity index (χ2n) is 7.57. The normalized spacial score (nSPS) is 11.1. The summed E-state index contributed by atoms with van der Waals surface area (Å²) in [4.78, 5) is 11.9. The number of benzene rings is 2. The highest BCUT2D eigenvalue weighted by Crippen LogP contribution is 2.30. The van der Waals surface area contributed by atoms with Gasteiger partial charge >= 0.3 is 0 Å². The number of thioether (sulfide) groups is 1. The molecule has 0 spiro atoms. The number of para-hydroxylation sites is 1. The van der Waals surface area contributed by atoms with E-state index in [0.717, 1.165) is 17.1 Å². The topological polar surface area (TPSA) is 59.8 Å². The van der Waals surface area contributed by atoms with E-state index in [2.05, 4.69) is 66.5 Å². The molecule has 2 aromatic carbocycles. The molecule has 0 atom stereocenters. The third kappa shape index (κ3) is 5.07. The Kier molecular flexibility index (Phi) is 6.40. The highest BCUT2D eigenvalue weighted by Gasteiger charge is 2.18. The minimum Gasteiger partial charge on any atom is -0.344 e. The SMILES string of the molecule is C#CCNC(=O)CSc1nnc(-c2ccc(C(C)(C)C)cc2)n1-c1ccccc1. The third-order valence-corrected chi connectivity index (χ3v) is 5.31. The van der Waals surface area contributed by atoms with E-state index in [9.17, 15) is 4.79 Å². The maximum absolute atomic E-state index is 11.9. The van der Waals surface area contributed by atoms with Crippen LogP contribution >= 0.6 is 11.8 Å². The van der Waals surface area contributed by atoms with Crippen LogP contribution in [0.1, 0.15) is 26.3 Å². The molecular formula is C23H24N4OS. The molecule has 0 bridgehead atoms. The highest BCUT2D eigenvalue weighted by molar-refractivity contribution is 7.99. The van der Waals surface area contributed by atoms with Crippen molar-refractivity contribution < 1.29 is 4.79 Å². The fourth-order valence-corrected chi connectivity index (χ4v) is 3.59. The molecule has 6 heteroatoms. The molecule has 5 nitrogen and oxygen atoms in total. The van der Waals surface area contributed by atoms with Crippen molar-refractivity contribution in [3.8, 4) is 29.4 Å². The predicted molar refractivity (Wildman–Crippen MR) is 118 cm³/mol. The smallest absolute Gasteiger partial charge is 0.231 e. The summed E-state index contributed by atoms with van der Waals surface area (Å²) in [6.45, 7) is 6.79. The molecule has 0 fully saturated rings. The van der Waals surface area contributed by atoms with E-state index >= 15 is 0 Å². The lowest BCUT2D eigenvalue weighted by atomic mass is 9.87. The van der Waals surface area contributed by atoms with Crippen molar-refractivity contribution in [1.82, 2.24) is 20.1 Å². The zero-order valence-electron chi connectivity index (χ0n) is 16.8. The molecule has 0 saturated heterocycles. The van der Waals surface area contributed by atoms with E-state index in [-0.39, 0.29) is 23.6 Å². The van der Waals surface area contributed by atoms with Gasteiger partial charge in [-0.05, 0) is 23.1 Å². The summed E-state index contributed by atoms with van der Waals surface area (Å²) in [6, 6.07) is 18.3. The summed E-state index contributed by atoms with van der Waals surface area (Å²) in [6.07, 6.45) is 5.19. The Balaban J connectivity index is 1.95. The Morgan fingerprint density at radius 1 is 1.10 bits per heavy atom. The van der Waals surface area contributed by atoms with Crippen LogP contribution in [-0.2, 0) is 10.2 Å². The van der Waals surface area contributed by atoms with Crippen molar-refractivity contribution in [3.05, 3.63) is 60.2 Å². The van der Waals surface area contributed by atoms with Crippen LogP contribution in [0.4, 0.5) is 0 Å². The number of hydrogen-bond donors (Lipinski definition) is 1. The number of aromatic nitrogens is 3. The molecule has 148 valence electrons. The van der Waals surface area contributed by atoms with Gasteiger partial charge in [-0.3, -0.25) is 9.36 Å². The van der Waals surface area contributed by atoms with E-state index in [4.69, 9.17) is 6.42 Å². The standard InChI is InChI=1S/C23H24N4OS/c1-5-15-24-20(28)16-29-22-26-25-21(27(22)19-9-7-6-8-10-19)17-11-13-18(14-12-17)23(2,3)4/h1,6-14H,15-16H2,2-4H3,(H,24,28). The molecule has 0 radical (unpaired) electrons. The molecular weight excluding hydrogens is 380 g/mol. The lowest BCUT2D eigenvalue weighted by Crippen LogP contribution is -2.25. The zero-order valence-corrected chi connectivity index (χ0v) is 17.7. The summed E-state index contributed by atoms with van der Waals surface area (Å²) in [7, 11) is 0. The van der Waals surface area contributed by atoms with Crippen LogP contribution in [0.3, 0.4) is 0 Å². The Labute approximate surface area is 175 Å². The number of hydrogen-bond acceptors (Lipinski definition) is 4. The Hall–Kier alpha value is -3.04. The van der Waals surface area contributed by atoms with Gasteiger partial charge in [0.2, 0.25) is 5.91 Å². The fraction of sp³-hybridized carbons (Fsp3) is 0.261. The van der Waals surface area contributed by atoms with Crippen molar-refractivity contribution in [3.63, 3.8) is 0 Å². The van der Waals surface area contributed by atoms with Crippen LogP contribution in [0.25, 0.3) is 17.1 Å². The number of terminal acetylenes is 1. The Bertz CT molecular complexity index is 1010. The third-order valence-electron chi connectivity index (χ3n) is 4.38. The summed E-state index contributed by atoms with van der Waals surface area (Å²) < 4.78 is 1.98. The highest BCUT2D eigenvalue weighted by atomic mass is 32.2. The molecule has 1 aromatic heterocycles. The van der Waals surface area contributed by atoms with Gasteiger partial charge in [0.25, 0.3) is 0 Å². The minimum absolute atomic E-state index is 0.0817.